The molecule has 134 valence electrons. The van der Waals surface area contributed by atoms with E-state index in [1.165, 1.54) is 36.0 Å². The first kappa shape index (κ1) is 18.0. The molecule has 1 heterocycles. The van der Waals surface area contributed by atoms with Crippen molar-refractivity contribution in [2.75, 3.05) is 19.7 Å². The molecule has 0 aliphatic carbocycles. The Morgan fingerprint density at radius 3 is 2.16 bits per heavy atom. The van der Waals surface area contributed by atoms with Crippen molar-refractivity contribution < 1.29 is 9.94 Å². The monoisotopic (exact) mass is 339 g/mol. The van der Waals surface area contributed by atoms with Gasteiger partial charge in [-0.05, 0) is 66.8 Å². The van der Waals surface area contributed by atoms with E-state index in [0.717, 1.165) is 31.8 Å². The third-order valence-corrected chi connectivity index (χ3v) is 5.13. The van der Waals surface area contributed by atoms with Crippen LogP contribution in [0.4, 0.5) is 0 Å². The fraction of sp³-hybridized carbons (Fsp3) is 0.455. The van der Waals surface area contributed by atoms with E-state index in [-0.39, 0.29) is 0 Å². The summed E-state index contributed by atoms with van der Waals surface area (Å²) in [4.78, 5) is 5.92. The molecule has 0 amide bonds. The lowest BCUT2D eigenvalue weighted by Gasteiger charge is -2.31. The zero-order chi connectivity index (χ0) is 17.5. The zero-order valence-corrected chi connectivity index (χ0v) is 15.2. The second-order valence-corrected chi connectivity index (χ2v) is 7.00. The third kappa shape index (κ3) is 5.58. The van der Waals surface area contributed by atoms with E-state index >= 15 is 0 Å². The standard InChI is InChI=1S/C22H29NO2/c1-2-18-3-5-20(6-4-18)17-21-11-14-23(15-12-21)25-16-13-19-7-9-22(24)10-8-19/h3-10,21,24H,2,11-17H2,1H3. The maximum absolute atomic E-state index is 9.30. The molecule has 25 heavy (non-hydrogen) atoms. The number of hydrogen-bond acceptors (Lipinski definition) is 3. The first-order valence-corrected chi connectivity index (χ1v) is 9.46. The lowest BCUT2D eigenvalue weighted by Crippen LogP contribution is -2.34. The van der Waals surface area contributed by atoms with Gasteiger partial charge in [-0.15, -0.1) is 0 Å². The van der Waals surface area contributed by atoms with Crippen molar-refractivity contribution in [1.82, 2.24) is 5.06 Å². The summed E-state index contributed by atoms with van der Waals surface area (Å²) < 4.78 is 0. The van der Waals surface area contributed by atoms with Crippen molar-refractivity contribution in [2.24, 2.45) is 5.92 Å². The van der Waals surface area contributed by atoms with E-state index in [1.807, 2.05) is 12.1 Å². The molecule has 3 rings (SSSR count). The predicted molar refractivity (Wildman–Crippen MR) is 102 cm³/mol. The SMILES string of the molecule is CCc1ccc(CC2CCN(OCCc3ccc(O)cc3)CC2)cc1. The molecule has 0 saturated carbocycles. The molecule has 1 aliphatic heterocycles. The van der Waals surface area contributed by atoms with Crippen LogP contribution >= 0.6 is 0 Å². The molecular formula is C22H29NO2. The molecule has 1 saturated heterocycles. The van der Waals surface area contributed by atoms with Crippen molar-refractivity contribution in [1.29, 1.82) is 0 Å². The van der Waals surface area contributed by atoms with E-state index in [0.29, 0.717) is 12.4 Å². The molecule has 1 N–H and O–H groups in total. The molecule has 0 unspecified atom stereocenters. The van der Waals surface area contributed by atoms with Crippen LogP contribution in [0, 0.1) is 5.92 Å². The van der Waals surface area contributed by atoms with Gasteiger partial charge in [-0.1, -0.05) is 43.3 Å². The van der Waals surface area contributed by atoms with Crippen molar-refractivity contribution in [3.8, 4) is 5.75 Å². The topological polar surface area (TPSA) is 32.7 Å². The van der Waals surface area contributed by atoms with Crippen LogP contribution < -0.4 is 0 Å². The first-order chi connectivity index (χ1) is 12.2. The Hall–Kier alpha value is -1.84. The molecule has 3 heteroatoms. The summed E-state index contributed by atoms with van der Waals surface area (Å²) in [5, 5.41) is 11.4. The molecule has 0 radical (unpaired) electrons. The second-order valence-electron chi connectivity index (χ2n) is 7.00. The molecule has 0 aromatic heterocycles. The van der Waals surface area contributed by atoms with Gasteiger partial charge in [0.15, 0.2) is 0 Å². The van der Waals surface area contributed by atoms with E-state index in [2.05, 4.69) is 36.3 Å². The van der Waals surface area contributed by atoms with Crippen molar-refractivity contribution in [2.45, 2.75) is 39.0 Å². The Balaban J connectivity index is 1.36. The summed E-state index contributed by atoms with van der Waals surface area (Å²) in [5.74, 6) is 1.08. The molecule has 0 bridgehead atoms. The molecule has 0 atom stereocenters. The quantitative estimate of drug-likeness (QED) is 0.812. The molecular weight excluding hydrogens is 310 g/mol. The first-order valence-electron chi connectivity index (χ1n) is 9.46. The normalized spacial score (nSPS) is 16.2. The molecule has 0 spiro atoms. The van der Waals surface area contributed by atoms with E-state index in [1.54, 1.807) is 12.1 Å². The molecule has 3 nitrogen and oxygen atoms in total. The highest BCUT2D eigenvalue weighted by atomic mass is 16.7. The summed E-state index contributed by atoms with van der Waals surface area (Å²) in [6.07, 6.45) is 5.58. The van der Waals surface area contributed by atoms with Gasteiger partial charge in [0.2, 0.25) is 0 Å². The minimum Gasteiger partial charge on any atom is -0.508 e. The highest BCUT2D eigenvalue weighted by Gasteiger charge is 2.19. The summed E-state index contributed by atoms with van der Waals surface area (Å²) >= 11 is 0. The van der Waals surface area contributed by atoms with Gasteiger partial charge in [-0.3, -0.25) is 4.84 Å². The van der Waals surface area contributed by atoms with Gasteiger partial charge in [0.05, 0.1) is 6.61 Å². The Morgan fingerprint density at radius 1 is 0.920 bits per heavy atom. The number of phenols is 1. The van der Waals surface area contributed by atoms with Gasteiger partial charge < -0.3 is 5.11 Å². The van der Waals surface area contributed by atoms with Gasteiger partial charge in [-0.25, -0.2) is 0 Å². The summed E-state index contributed by atoms with van der Waals surface area (Å²) in [6.45, 7) is 4.95. The third-order valence-electron chi connectivity index (χ3n) is 5.13. The van der Waals surface area contributed by atoms with Crippen LogP contribution in [-0.4, -0.2) is 29.9 Å². The van der Waals surface area contributed by atoms with E-state index in [9.17, 15) is 5.11 Å². The second kappa shape index (κ2) is 9.02. The fourth-order valence-corrected chi connectivity index (χ4v) is 3.44. The van der Waals surface area contributed by atoms with Gasteiger partial charge in [0.1, 0.15) is 5.75 Å². The maximum Gasteiger partial charge on any atom is 0.115 e. The lowest BCUT2D eigenvalue weighted by atomic mass is 9.90. The molecule has 2 aromatic carbocycles. The van der Waals surface area contributed by atoms with Crippen LogP contribution in [0.25, 0.3) is 0 Å². The number of aromatic hydroxyl groups is 1. The molecule has 2 aromatic rings. The Morgan fingerprint density at radius 2 is 1.52 bits per heavy atom. The summed E-state index contributed by atoms with van der Waals surface area (Å²) in [6, 6.07) is 16.5. The van der Waals surface area contributed by atoms with Crippen LogP contribution in [0.3, 0.4) is 0 Å². The summed E-state index contributed by atoms with van der Waals surface area (Å²) in [5.41, 5.74) is 4.08. The largest absolute Gasteiger partial charge is 0.508 e. The van der Waals surface area contributed by atoms with Crippen molar-refractivity contribution in [3.63, 3.8) is 0 Å². The Bertz CT molecular complexity index is 628. The highest BCUT2D eigenvalue weighted by Crippen LogP contribution is 2.22. The summed E-state index contributed by atoms with van der Waals surface area (Å²) in [7, 11) is 0. The van der Waals surface area contributed by atoms with Gasteiger partial charge in [-0.2, -0.15) is 5.06 Å². The van der Waals surface area contributed by atoms with Crippen LogP contribution in [0.15, 0.2) is 48.5 Å². The molecule has 1 fully saturated rings. The average molecular weight is 339 g/mol. The van der Waals surface area contributed by atoms with Crippen LogP contribution in [0.2, 0.25) is 0 Å². The highest BCUT2D eigenvalue weighted by molar-refractivity contribution is 5.26. The van der Waals surface area contributed by atoms with Crippen LogP contribution in [-0.2, 0) is 24.1 Å². The van der Waals surface area contributed by atoms with Crippen molar-refractivity contribution >= 4 is 0 Å². The number of hydroxylamine groups is 2. The van der Waals surface area contributed by atoms with Crippen LogP contribution in [0.5, 0.6) is 5.75 Å². The van der Waals surface area contributed by atoms with Crippen molar-refractivity contribution in [3.05, 3.63) is 65.2 Å². The maximum atomic E-state index is 9.30. The minimum absolute atomic E-state index is 0.316. The van der Waals surface area contributed by atoms with Crippen LogP contribution in [0.1, 0.15) is 36.5 Å². The Kier molecular flexibility index (Phi) is 6.48. The number of rotatable bonds is 7. The average Bonchev–Trinajstić information content (AvgIpc) is 2.65. The lowest BCUT2D eigenvalue weighted by molar-refractivity contribution is -0.173. The minimum atomic E-state index is 0.316. The number of benzene rings is 2. The fourth-order valence-electron chi connectivity index (χ4n) is 3.44. The number of phenolic OH excluding ortho intramolecular Hbond substituents is 1. The molecule has 1 aliphatic rings. The number of aryl methyl sites for hydroxylation is 1. The Labute approximate surface area is 151 Å². The zero-order valence-electron chi connectivity index (χ0n) is 15.2. The van der Waals surface area contributed by atoms with Gasteiger partial charge in [0, 0.05) is 13.1 Å². The number of piperidine rings is 1. The van der Waals surface area contributed by atoms with Gasteiger partial charge in [0.25, 0.3) is 0 Å². The predicted octanol–water partition coefficient (Wildman–Crippen LogP) is 4.38. The van der Waals surface area contributed by atoms with E-state index < -0.39 is 0 Å². The van der Waals surface area contributed by atoms with E-state index in [4.69, 9.17) is 4.84 Å². The number of hydrogen-bond donors (Lipinski definition) is 1. The smallest absolute Gasteiger partial charge is 0.115 e. The number of nitrogens with zero attached hydrogens (tertiary/aromatic N) is 1. The van der Waals surface area contributed by atoms with Gasteiger partial charge >= 0.3 is 0 Å².